The molecule has 5 heteroatoms. The first-order chi connectivity index (χ1) is 9.11. The van der Waals surface area contributed by atoms with Crippen molar-refractivity contribution in [3.05, 3.63) is 29.3 Å². The van der Waals surface area contributed by atoms with E-state index < -0.39 is 6.10 Å². The maximum Gasteiger partial charge on any atom is 0.251 e. The molecule has 0 saturated carbocycles. The van der Waals surface area contributed by atoms with Crippen molar-refractivity contribution in [3.8, 4) is 0 Å². The number of hydrogen-bond acceptors (Lipinski definition) is 4. The lowest BCUT2D eigenvalue weighted by atomic mass is 10.3. The fourth-order valence-corrected chi connectivity index (χ4v) is 2.92. The molecule has 1 aromatic carbocycles. The second-order valence-electron chi connectivity index (χ2n) is 4.37. The van der Waals surface area contributed by atoms with Gasteiger partial charge in [-0.2, -0.15) is 0 Å². The van der Waals surface area contributed by atoms with Gasteiger partial charge in [0.1, 0.15) is 11.1 Å². The zero-order valence-corrected chi connectivity index (χ0v) is 12.2. The van der Waals surface area contributed by atoms with Crippen LogP contribution in [0.2, 0.25) is 0 Å². The van der Waals surface area contributed by atoms with Crippen molar-refractivity contribution in [3.63, 3.8) is 0 Å². The number of para-hydroxylation sites is 1. The summed E-state index contributed by atoms with van der Waals surface area (Å²) >= 11 is 1.62. The molecular weight excluding hydrogens is 260 g/mol. The van der Waals surface area contributed by atoms with Gasteiger partial charge in [-0.1, -0.05) is 12.1 Å². The summed E-state index contributed by atoms with van der Waals surface area (Å²) in [6.45, 7) is 4.73. The molecule has 2 aromatic rings. The van der Waals surface area contributed by atoms with Gasteiger partial charge in [-0.05, 0) is 26.0 Å². The topological polar surface area (TPSA) is 42.4 Å². The minimum absolute atomic E-state index is 0.0129. The average Bonchev–Trinajstić information content (AvgIpc) is 2.80. The molecule has 0 aliphatic rings. The molecule has 0 N–H and O–H groups in total. The van der Waals surface area contributed by atoms with Crippen molar-refractivity contribution < 1.29 is 9.53 Å². The number of aromatic nitrogens is 1. The van der Waals surface area contributed by atoms with E-state index in [1.54, 1.807) is 30.2 Å². The Morgan fingerprint density at radius 1 is 1.47 bits per heavy atom. The molecule has 0 aliphatic heterocycles. The Morgan fingerprint density at radius 3 is 2.89 bits per heavy atom. The van der Waals surface area contributed by atoms with Crippen LogP contribution in [0, 0.1) is 0 Å². The minimum atomic E-state index is -0.399. The maximum atomic E-state index is 12.0. The number of fused-ring (bicyclic) bond motifs is 1. The summed E-state index contributed by atoms with van der Waals surface area (Å²) in [6.07, 6.45) is -0.399. The van der Waals surface area contributed by atoms with Gasteiger partial charge in [0.2, 0.25) is 0 Å². The molecule has 0 fully saturated rings. The Kier molecular flexibility index (Phi) is 4.50. The number of ether oxygens (including phenoxy) is 1. The number of likely N-dealkylation sites (N-methyl/N-ethyl adjacent to an activating group) is 1. The van der Waals surface area contributed by atoms with Crippen molar-refractivity contribution in [2.45, 2.75) is 26.5 Å². The number of hydrogen-bond donors (Lipinski definition) is 0. The fourth-order valence-electron chi connectivity index (χ4n) is 1.90. The molecule has 0 bridgehead atoms. The van der Waals surface area contributed by atoms with Crippen molar-refractivity contribution in [1.82, 2.24) is 9.88 Å². The monoisotopic (exact) mass is 278 g/mol. The number of thiazole rings is 1. The normalized spacial score (nSPS) is 12.6. The van der Waals surface area contributed by atoms with Crippen LogP contribution in [-0.4, -0.2) is 35.5 Å². The molecule has 2 rings (SSSR count). The number of nitrogens with zero attached hydrogens (tertiary/aromatic N) is 2. The Hall–Kier alpha value is -1.46. The summed E-state index contributed by atoms with van der Waals surface area (Å²) < 4.78 is 6.46. The van der Waals surface area contributed by atoms with E-state index in [2.05, 4.69) is 4.98 Å². The number of amides is 1. The highest BCUT2D eigenvalue weighted by molar-refractivity contribution is 7.18. The van der Waals surface area contributed by atoms with E-state index in [-0.39, 0.29) is 5.91 Å². The lowest BCUT2D eigenvalue weighted by Crippen LogP contribution is -2.35. The lowest BCUT2D eigenvalue weighted by Gasteiger charge is -2.20. The smallest absolute Gasteiger partial charge is 0.251 e. The van der Waals surface area contributed by atoms with Crippen molar-refractivity contribution in [2.24, 2.45) is 0 Å². The van der Waals surface area contributed by atoms with E-state index in [1.165, 1.54) is 0 Å². The van der Waals surface area contributed by atoms with Crippen LogP contribution in [0.1, 0.15) is 18.9 Å². The largest absolute Gasteiger partial charge is 0.369 e. The van der Waals surface area contributed by atoms with Gasteiger partial charge in [-0.3, -0.25) is 4.79 Å². The standard InChI is InChI=1S/C14H18N2O2S/c1-4-18-10(2)14(17)16(3)9-13-15-11-7-5-6-8-12(11)19-13/h5-8,10H,4,9H2,1-3H3. The predicted molar refractivity (Wildman–Crippen MR) is 77.2 cm³/mol. The summed E-state index contributed by atoms with van der Waals surface area (Å²) in [5.74, 6) is -0.0129. The molecule has 1 atom stereocenters. The van der Waals surface area contributed by atoms with Gasteiger partial charge >= 0.3 is 0 Å². The van der Waals surface area contributed by atoms with E-state index in [1.807, 2.05) is 31.2 Å². The number of rotatable bonds is 5. The molecular formula is C14H18N2O2S. The summed E-state index contributed by atoms with van der Waals surface area (Å²) in [5, 5.41) is 0.945. The third-order valence-electron chi connectivity index (χ3n) is 2.85. The summed E-state index contributed by atoms with van der Waals surface area (Å²) in [4.78, 5) is 18.2. The molecule has 0 spiro atoms. The Morgan fingerprint density at radius 2 is 2.21 bits per heavy atom. The van der Waals surface area contributed by atoms with E-state index in [4.69, 9.17) is 4.74 Å². The SMILES string of the molecule is CCOC(C)C(=O)N(C)Cc1nc2ccccc2s1. The van der Waals surface area contributed by atoms with Gasteiger partial charge in [0.05, 0.1) is 16.8 Å². The number of carbonyl (C=O) groups excluding carboxylic acids is 1. The molecule has 1 heterocycles. The number of carbonyl (C=O) groups is 1. The lowest BCUT2D eigenvalue weighted by molar-refractivity contribution is -0.141. The molecule has 0 aliphatic carbocycles. The molecule has 1 unspecified atom stereocenters. The van der Waals surface area contributed by atoms with Gasteiger partial charge in [-0.25, -0.2) is 4.98 Å². The van der Waals surface area contributed by atoms with E-state index in [9.17, 15) is 4.79 Å². The highest BCUT2D eigenvalue weighted by Gasteiger charge is 2.18. The Bertz CT molecular complexity index is 534. The average molecular weight is 278 g/mol. The van der Waals surface area contributed by atoms with Gasteiger partial charge in [0, 0.05) is 13.7 Å². The van der Waals surface area contributed by atoms with E-state index in [0.29, 0.717) is 13.2 Å². The van der Waals surface area contributed by atoms with Crippen molar-refractivity contribution in [2.75, 3.05) is 13.7 Å². The summed E-state index contributed by atoms with van der Waals surface area (Å²) in [7, 11) is 1.78. The van der Waals surface area contributed by atoms with Crippen LogP contribution in [0.5, 0.6) is 0 Å². The second kappa shape index (κ2) is 6.12. The third kappa shape index (κ3) is 3.30. The summed E-state index contributed by atoms with van der Waals surface area (Å²) in [6, 6.07) is 8.00. The highest BCUT2D eigenvalue weighted by atomic mass is 32.1. The second-order valence-corrected chi connectivity index (χ2v) is 5.48. The van der Waals surface area contributed by atoms with Crippen molar-refractivity contribution in [1.29, 1.82) is 0 Å². The molecule has 0 saturated heterocycles. The van der Waals surface area contributed by atoms with Crippen LogP contribution < -0.4 is 0 Å². The third-order valence-corrected chi connectivity index (χ3v) is 3.87. The van der Waals surface area contributed by atoms with Crippen LogP contribution in [0.3, 0.4) is 0 Å². The molecule has 102 valence electrons. The van der Waals surface area contributed by atoms with Crippen LogP contribution >= 0.6 is 11.3 Å². The van der Waals surface area contributed by atoms with Gasteiger partial charge in [0.25, 0.3) is 5.91 Å². The molecule has 1 aromatic heterocycles. The summed E-state index contributed by atoms with van der Waals surface area (Å²) in [5.41, 5.74) is 0.987. The minimum Gasteiger partial charge on any atom is -0.369 e. The first-order valence-electron chi connectivity index (χ1n) is 6.33. The molecule has 4 nitrogen and oxygen atoms in total. The van der Waals surface area contributed by atoms with Crippen LogP contribution in [0.4, 0.5) is 0 Å². The zero-order valence-electron chi connectivity index (χ0n) is 11.4. The quantitative estimate of drug-likeness (QED) is 0.844. The molecule has 0 radical (unpaired) electrons. The van der Waals surface area contributed by atoms with Gasteiger partial charge in [0.15, 0.2) is 0 Å². The van der Waals surface area contributed by atoms with E-state index in [0.717, 1.165) is 15.2 Å². The Balaban J connectivity index is 2.05. The Labute approximate surface area is 117 Å². The molecule has 19 heavy (non-hydrogen) atoms. The maximum absolute atomic E-state index is 12.0. The molecule has 1 amide bonds. The van der Waals surface area contributed by atoms with Crippen LogP contribution in [0.15, 0.2) is 24.3 Å². The fraction of sp³-hybridized carbons (Fsp3) is 0.429. The highest BCUT2D eigenvalue weighted by Crippen LogP contribution is 2.22. The van der Waals surface area contributed by atoms with Gasteiger partial charge < -0.3 is 9.64 Å². The number of benzene rings is 1. The van der Waals surface area contributed by atoms with Crippen LogP contribution in [0.25, 0.3) is 10.2 Å². The van der Waals surface area contributed by atoms with Crippen molar-refractivity contribution >= 4 is 27.5 Å². The predicted octanol–water partition coefficient (Wildman–Crippen LogP) is 2.68. The van der Waals surface area contributed by atoms with Gasteiger partial charge in [-0.15, -0.1) is 11.3 Å². The zero-order chi connectivity index (χ0) is 13.8. The first kappa shape index (κ1) is 14.0. The van der Waals surface area contributed by atoms with Crippen LogP contribution in [-0.2, 0) is 16.1 Å². The van der Waals surface area contributed by atoms with E-state index >= 15 is 0 Å². The first-order valence-corrected chi connectivity index (χ1v) is 7.14.